The highest BCUT2D eigenvalue weighted by atomic mass is 32.2. The van der Waals surface area contributed by atoms with Crippen LogP contribution in [0.3, 0.4) is 0 Å². The van der Waals surface area contributed by atoms with Crippen LogP contribution in [0, 0.1) is 5.82 Å². The predicted octanol–water partition coefficient (Wildman–Crippen LogP) is 4.82. The van der Waals surface area contributed by atoms with Crippen LogP contribution in [-0.2, 0) is 11.3 Å². The number of thioether (sulfide) groups is 1. The van der Waals surface area contributed by atoms with Crippen LogP contribution in [0.2, 0.25) is 0 Å². The Morgan fingerprint density at radius 1 is 1.28 bits per heavy atom. The summed E-state index contributed by atoms with van der Waals surface area (Å²) in [6, 6.07) is 10.4. The van der Waals surface area contributed by atoms with Gasteiger partial charge in [0.15, 0.2) is 5.16 Å². The Kier molecular flexibility index (Phi) is 6.04. The topological polar surface area (TPSA) is 51.3 Å². The van der Waals surface area contributed by atoms with E-state index in [0.717, 1.165) is 41.6 Å². The molecular formula is C22H24FN3O2S. The van der Waals surface area contributed by atoms with Crippen molar-refractivity contribution in [3.63, 3.8) is 0 Å². The molecule has 5 nitrogen and oxygen atoms in total. The van der Waals surface area contributed by atoms with Gasteiger partial charge in [-0.2, -0.15) is 0 Å². The summed E-state index contributed by atoms with van der Waals surface area (Å²) in [6.45, 7) is 3.45. The number of benzene rings is 1. The SMILES string of the molecule is CC1CCCCN1C(=O)CSc1ncc(-c2ccc(F)cc2)n1Cc1ccco1. The number of carbonyl (C=O) groups is 1. The van der Waals surface area contributed by atoms with Gasteiger partial charge in [0, 0.05) is 12.6 Å². The average molecular weight is 414 g/mol. The van der Waals surface area contributed by atoms with Crippen LogP contribution in [0.25, 0.3) is 11.3 Å². The molecule has 0 aliphatic carbocycles. The van der Waals surface area contributed by atoms with Crippen molar-refractivity contribution in [1.82, 2.24) is 14.5 Å². The average Bonchev–Trinajstić information content (AvgIpc) is 3.38. The third-order valence-corrected chi connectivity index (χ3v) is 6.28. The fraction of sp³-hybridized carbons (Fsp3) is 0.364. The Morgan fingerprint density at radius 2 is 2.10 bits per heavy atom. The highest BCUT2D eigenvalue weighted by molar-refractivity contribution is 7.99. The molecule has 0 bridgehead atoms. The molecule has 3 aromatic rings. The molecule has 1 aliphatic heterocycles. The van der Waals surface area contributed by atoms with Gasteiger partial charge in [0.2, 0.25) is 5.91 Å². The van der Waals surface area contributed by atoms with Gasteiger partial charge in [-0.25, -0.2) is 9.37 Å². The van der Waals surface area contributed by atoms with E-state index >= 15 is 0 Å². The van der Waals surface area contributed by atoms with Crippen LogP contribution < -0.4 is 0 Å². The number of amides is 1. The number of halogens is 1. The van der Waals surface area contributed by atoms with Gasteiger partial charge in [-0.05, 0) is 68.1 Å². The summed E-state index contributed by atoms with van der Waals surface area (Å²) in [5.41, 5.74) is 1.73. The van der Waals surface area contributed by atoms with Crippen LogP contribution in [0.5, 0.6) is 0 Å². The second kappa shape index (κ2) is 8.86. The number of aromatic nitrogens is 2. The molecule has 1 atom stereocenters. The van der Waals surface area contributed by atoms with Gasteiger partial charge in [0.25, 0.3) is 0 Å². The molecule has 0 N–H and O–H groups in total. The maximum Gasteiger partial charge on any atom is 0.233 e. The monoisotopic (exact) mass is 413 g/mol. The molecule has 29 heavy (non-hydrogen) atoms. The van der Waals surface area contributed by atoms with Crippen LogP contribution in [0.4, 0.5) is 4.39 Å². The first-order chi connectivity index (χ1) is 14.1. The van der Waals surface area contributed by atoms with E-state index < -0.39 is 0 Å². The zero-order valence-electron chi connectivity index (χ0n) is 16.4. The summed E-state index contributed by atoms with van der Waals surface area (Å²) >= 11 is 1.44. The second-order valence-electron chi connectivity index (χ2n) is 7.32. The number of hydrogen-bond donors (Lipinski definition) is 0. The number of rotatable bonds is 6. The molecule has 0 radical (unpaired) electrons. The minimum Gasteiger partial charge on any atom is -0.467 e. The van der Waals surface area contributed by atoms with Crippen molar-refractivity contribution in [3.8, 4) is 11.3 Å². The fourth-order valence-electron chi connectivity index (χ4n) is 3.71. The van der Waals surface area contributed by atoms with E-state index in [0.29, 0.717) is 18.3 Å². The molecule has 2 aromatic heterocycles. The summed E-state index contributed by atoms with van der Waals surface area (Å²) in [7, 11) is 0. The molecule has 1 amide bonds. The lowest BCUT2D eigenvalue weighted by Crippen LogP contribution is -2.43. The molecule has 1 aromatic carbocycles. The van der Waals surface area contributed by atoms with Gasteiger partial charge < -0.3 is 13.9 Å². The van der Waals surface area contributed by atoms with Gasteiger partial charge in [-0.1, -0.05) is 11.8 Å². The van der Waals surface area contributed by atoms with Crippen LogP contribution in [-0.4, -0.2) is 38.7 Å². The highest BCUT2D eigenvalue weighted by Crippen LogP contribution is 2.28. The zero-order chi connectivity index (χ0) is 20.2. The van der Waals surface area contributed by atoms with Gasteiger partial charge in [0.05, 0.1) is 30.5 Å². The molecule has 1 aliphatic rings. The second-order valence-corrected chi connectivity index (χ2v) is 8.26. The molecule has 0 spiro atoms. The van der Waals surface area contributed by atoms with Crippen molar-refractivity contribution in [2.75, 3.05) is 12.3 Å². The van der Waals surface area contributed by atoms with E-state index in [2.05, 4.69) is 11.9 Å². The standard InChI is InChI=1S/C22H24FN3O2S/c1-16-5-2-3-11-25(16)21(27)15-29-22-24-13-20(17-7-9-18(23)10-8-17)26(22)14-19-6-4-12-28-19/h4,6-10,12-13,16H,2-3,5,11,14-15H2,1H3. The number of piperidine rings is 1. The van der Waals surface area contributed by atoms with Crippen molar-refractivity contribution in [1.29, 1.82) is 0 Å². The number of furan rings is 1. The quantitative estimate of drug-likeness (QED) is 0.544. The van der Waals surface area contributed by atoms with E-state index in [9.17, 15) is 9.18 Å². The number of hydrogen-bond acceptors (Lipinski definition) is 4. The first kappa shape index (κ1) is 19.8. The van der Waals surface area contributed by atoms with Gasteiger partial charge in [-0.3, -0.25) is 4.79 Å². The lowest BCUT2D eigenvalue weighted by Gasteiger charge is -2.33. The lowest BCUT2D eigenvalue weighted by molar-refractivity contribution is -0.131. The van der Waals surface area contributed by atoms with E-state index in [4.69, 9.17) is 4.42 Å². The minimum atomic E-state index is -0.276. The first-order valence-corrected chi connectivity index (χ1v) is 10.9. The largest absolute Gasteiger partial charge is 0.467 e. The maximum atomic E-state index is 13.3. The Morgan fingerprint density at radius 3 is 2.83 bits per heavy atom. The molecule has 1 unspecified atom stereocenters. The minimum absolute atomic E-state index is 0.151. The number of likely N-dealkylation sites (tertiary alicyclic amines) is 1. The summed E-state index contributed by atoms with van der Waals surface area (Å²) in [6.07, 6.45) is 6.73. The van der Waals surface area contributed by atoms with Crippen LogP contribution in [0.1, 0.15) is 31.9 Å². The molecule has 7 heteroatoms. The predicted molar refractivity (Wildman–Crippen MR) is 111 cm³/mol. The van der Waals surface area contributed by atoms with Gasteiger partial charge in [0.1, 0.15) is 11.6 Å². The van der Waals surface area contributed by atoms with Gasteiger partial charge in [-0.15, -0.1) is 0 Å². The molecule has 3 heterocycles. The maximum absolute atomic E-state index is 13.3. The van der Waals surface area contributed by atoms with E-state index in [1.54, 1.807) is 24.6 Å². The first-order valence-electron chi connectivity index (χ1n) is 9.88. The Balaban J connectivity index is 1.55. The van der Waals surface area contributed by atoms with Crippen molar-refractivity contribution < 1.29 is 13.6 Å². The van der Waals surface area contributed by atoms with Crippen LogP contribution >= 0.6 is 11.8 Å². The fourth-order valence-corrected chi connectivity index (χ4v) is 4.58. The molecule has 1 fully saturated rings. The van der Waals surface area contributed by atoms with Crippen molar-refractivity contribution >= 4 is 17.7 Å². The van der Waals surface area contributed by atoms with Crippen molar-refractivity contribution in [3.05, 3.63) is 60.4 Å². The highest BCUT2D eigenvalue weighted by Gasteiger charge is 2.24. The Labute approximate surface area is 173 Å². The third-order valence-electron chi connectivity index (χ3n) is 5.30. The van der Waals surface area contributed by atoms with Crippen LogP contribution in [0.15, 0.2) is 58.4 Å². The van der Waals surface area contributed by atoms with E-state index in [1.165, 1.54) is 30.3 Å². The number of nitrogens with zero attached hydrogens (tertiary/aromatic N) is 3. The number of carbonyl (C=O) groups excluding carboxylic acids is 1. The van der Waals surface area contributed by atoms with Gasteiger partial charge >= 0.3 is 0 Å². The van der Waals surface area contributed by atoms with E-state index in [1.807, 2.05) is 21.6 Å². The normalized spacial score (nSPS) is 16.9. The van der Waals surface area contributed by atoms with Crippen molar-refractivity contribution in [2.24, 2.45) is 0 Å². The molecule has 1 saturated heterocycles. The summed E-state index contributed by atoms with van der Waals surface area (Å²) in [4.78, 5) is 19.3. The molecule has 152 valence electrons. The Bertz CT molecular complexity index is 953. The van der Waals surface area contributed by atoms with E-state index in [-0.39, 0.29) is 11.7 Å². The van der Waals surface area contributed by atoms with Crippen molar-refractivity contribution in [2.45, 2.75) is 43.9 Å². The Hall–Kier alpha value is -2.54. The smallest absolute Gasteiger partial charge is 0.233 e. The number of imidazole rings is 1. The zero-order valence-corrected chi connectivity index (χ0v) is 17.2. The molecular weight excluding hydrogens is 389 g/mol. The summed E-state index contributed by atoms with van der Waals surface area (Å²) in [5.74, 6) is 1.02. The molecule has 4 rings (SSSR count). The summed E-state index contributed by atoms with van der Waals surface area (Å²) < 4.78 is 20.9. The summed E-state index contributed by atoms with van der Waals surface area (Å²) in [5, 5.41) is 0.749. The third kappa shape index (κ3) is 4.56. The molecule has 0 saturated carbocycles. The lowest BCUT2D eigenvalue weighted by atomic mass is 10.0.